The summed E-state index contributed by atoms with van der Waals surface area (Å²) in [6, 6.07) is 0. The van der Waals surface area contributed by atoms with Crippen LogP contribution in [0.25, 0.3) is 0 Å². The second-order valence-electron chi connectivity index (χ2n) is 7.95. The normalized spacial score (nSPS) is 21.4. The molecule has 0 spiro atoms. The first-order valence-corrected chi connectivity index (χ1v) is 11.3. The van der Waals surface area contributed by atoms with Crippen molar-refractivity contribution in [2.45, 2.75) is 58.1 Å². The smallest absolute Gasteiger partial charge is 0.265 e. The van der Waals surface area contributed by atoms with E-state index in [1.165, 1.54) is 0 Å². The number of carbonyl (C=O) groups is 2. The van der Waals surface area contributed by atoms with Gasteiger partial charge in [0.05, 0.1) is 22.7 Å². The fraction of sp³-hybridized carbons (Fsp3) is 0.765. The fourth-order valence-electron chi connectivity index (χ4n) is 3.04. The van der Waals surface area contributed by atoms with Crippen molar-refractivity contribution in [3.63, 3.8) is 0 Å². The van der Waals surface area contributed by atoms with Crippen LogP contribution >= 0.6 is 11.5 Å². The standard InChI is InChI=1S/C17H27N3O4S2/c1-11-15(25-20-19-11)16(22)18-9-14(21)13-7-5-12(6-8-13)10-26(23,24)17(2,3)4/h12-13H,5-10H2,1-4H3,(H,18,22). The first-order chi connectivity index (χ1) is 12.0. The third-order valence-electron chi connectivity index (χ3n) is 4.97. The molecular formula is C17H27N3O4S2. The number of Topliss-reactive ketones (excluding diaryl/α,β-unsaturated/α-hetero) is 1. The average molecular weight is 402 g/mol. The number of ketones is 1. The number of rotatable bonds is 6. The quantitative estimate of drug-likeness (QED) is 0.783. The van der Waals surface area contributed by atoms with Crippen molar-refractivity contribution in [1.82, 2.24) is 14.9 Å². The molecule has 2 rings (SSSR count). The predicted octanol–water partition coefficient (Wildman–Crippen LogP) is 2.17. The van der Waals surface area contributed by atoms with E-state index in [0.717, 1.165) is 24.4 Å². The SMILES string of the molecule is Cc1nnsc1C(=O)NCC(=O)C1CCC(CS(=O)(=O)C(C)(C)C)CC1. The van der Waals surface area contributed by atoms with Crippen LogP contribution in [-0.2, 0) is 14.6 Å². The van der Waals surface area contributed by atoms with E-state index in [9.17, 15) is 18.0 Å². The molecule has 0 bridgehead atoms. The lowest BCUT2D eigenvalue weighted by molar-refractivity contribution is -0.123. The van der Waals surface area contributed by atoms with Gasteiger partial charge in [0.25, 0.3) is 5.91 Å². The molecule has 0 unspecified atom stereocenters. The van der Waals surface area contributed by atoms with Gasteiger partial charge in [-0.3, -0.25) is 9.59 Å². The Morgan fingerprint density at radius 2 is 1.81 bits per heavy atom. The fourth-order valence-corrected chi connectivity index (χ4v) is 5.07. The van der Waals surface area contributed by atoms with Crippen LogP contribution in [0.1, 0.15) is 61.8 Å². The molecule has 26 heavy (non-hydrogen) atoms. The molecule has 0 saturated heterocycles. The van der Waals surface area contributed by atoms with E-state index in [-0.39, 0.29) is 35.8 Å². The predicted molar refractivity (Wildman–Crippen MR) is 101 cm³/mol. The van der Waals surface area contributed by atoms with Gasteiger partial charge in [0.1, 0.15) is 4.88 Å². The molecule has 1 saturated carbocycles. The number of aryl methyl sites for hydroxylation is 1. The van der Waals surface area contributed by atoms with Crippen molar-refractivity contribution in [2.75, 3.05) is 12.3 Å². The van der Waals surface area contributed by atoms with Gasteiger partial charge < -0.3 is 5.32 Å². The molecule has 9 heteroatoms. The van der Waals surface area contributed by atoms with Crippen LogP contribution in [0.15, 0.2) is 0 Å². The van der Waals surface area contributed by atoms with Gasteiger partial charge >= 0.3 is 0 Å². The highest BCUT2D eigenvalue weighted by Crippen LogP contribution is 2.32. The summed E-state index contributed by atoms with van der Waals surface area (Å²) in [5.74, 6) is -0.124. The summed E-state index contributed by atoms with van der Waals surface area (Å²) < 4.78 is 27.6. The highest BCUT2D eigenvalue weighted by molar-refractivity contribution is 7.92. The van der Waals surface area contributed by atoms with E-state index in [1.807, 2.05) is 0 Å². The molecule has 1 amide bonds. The summed E-state index contributed by atoms with van der Waals surface area (Å²) >= 11 is 1.01. The molecular weight excluding hydrogens is 374 g/mol. The lowest BCUT2D eigenvalue weighted by Crippen LogP contribution is -2.37. The summed E-state index contributed by atoms with van der Waals surface area (Å²) in [7, 11) is -3.14. The van der Waals surface area contributed by atoms with E-state index >= 15 is 0 Å². The molecule has 1 N–H and O–H groups in total. The largest absolute Gasteiger partial charge is 0.344 e. The van der Waals surface area contributed by atoms with Crippen LogP contribution in [-0.4, -0.2) is 46.7 Å². The van der Waals surface area contributed by atoms with E-state index in [4.69, 9.17) is 0 Å². The second kappa shape index (κ2) is 8.12. The van der Waals surface area contributed by atoms with Crippen LogP contribution in [0.3, 0.4) is 0 Å². The number of amides is 1. The molecule has 1 aliphatic carbocycles. The summed E-state index contributed by atoms with van der Waals surface area (Å²) in [6.07, 6.45) is 2.83. The van der Waals surface area contributed by atoms with Crippen LogP contribution in [0.4, 0.5) is 0 Å². The highest BCUT2D eigenvalue weighted by atomic mass is 32.2. The zero-order chi connectivity index (χ0) is 19.5. The third-order valence-corrected chi connectivity index (χ3v) is 8.57. The van der Waals surface area contributed by atoms with Crippen LogP contribution in [0, 0.1) is 18.8 Å². The maximum atomic E-state index is 12.3. The van der Waals surface area contributed by atoms with Gasteiger partial charge in [0.15, 0.2) is 15.6 Å². The number of sulfone groups is 1. The maximum Gasteiger partial charge on any atom is 0.265 e. The number of carbonyl (C=O) groups excluding carboxylic acids is 2. The number of hydrogen-bond acceptors (Lipinski definition) is 7. The van der Waals surface area contributed by atoms with Gasteiger partial charge in [-0.25, -0.2) is 8.42 Å². The van der Waals surface area contributed by atoms with E-state index in [2.05, 4.69) is 14.9 Å². The van der Waals surface area contributed by atoms with E-state index < -0.39 is 14.6 Å². The molecule has 0 radical (unpaired) electrons. The Labute approximate surface area is 159 Å². The number of nitrogens with one attached hydrogen (secondary N) is 1. The van der Waals surface area contributed by atoms with Gasteiger partial charge in [0, 0.05) is 5.92 Å². The van der Waals surface area contributed by atoms with Crippen molar-refractivity contribution in [3.8, 4) is 0 Å². The Bertz CT molecular complexity index is 757. The molecule has 1 aromatic rings. The summed E-state index contributed by atoms with van der Waals surface area (Å²) in [5, 5.41) is 6.42. The van der Waals surface area contributed by atoms with Crippen LogP contribution < -0.4 is 5.32 Å². The minimum absolute atomic E-state index is 0.00519. The van der Waals surface area contributed by atoms with Crippen molar-refractivity contribution in [3.05, 3.63) is 10.6 Å². The number of nitrogens with zero attached hydrogens (tertiary/aromatic N) is 2. The molecule has 1 aromatic heterocycles. The topological polar surface area (TPSA) is 106 Å². The van der Waals surface area contributed by atoms with Crippen molar-refractivity contribution < 1.29 is 18.0 Å². The highest BCUT2D eigenvalue weighted by Gasteiger charge is 2.34. The molecule has 1 heterocycles. The lowest BCUT2D eigenvalue weighted by atomic mass is 9.81. The minimum Gasteiger partial charge on any atom is -0.344 e. The second-order valence-corrected chi connectivity index (χ2v) is 11.5. The first-order valence-electron chi connectivity index (χ1n) is 8.83. The first kappa shape index (κ1) is 21.0. The molecule has 0 aliphatic heterocycles. The average Bonchev–Trinajstić information content (AvgIpc) is 2.97. The lowest BCUT2D eigenvalue weighted by Gasteiger charge is -2.29. The summed E-state index contributed by atoms with van der Waals surface area (Å²) in [5.41, 5.74) is 0.556. The number of hydrogen-bond donors (Lipinski definition) is 1. The monoisotopic (exact) mass is 401 g/mol. The van der Waals surface area contributed by atoms with Gasteiger partial charge in [-0.15, -0.1) is 5.10 Å². The van der Waals surface area contributed by atoms with E-state index in [1.54, 1.807) is 27.7 Å². The third kappa shape index (κ3) is 5.09. The van der Waals surface area contributed by atoms with Crippen molar-refractivity contribution in [1.29, 1.82) is 0 Å². The molecule has 146 valence electrons. The summed E-state index contributed by atoms with van der Waals surface area (Å²) in [4.78, 5) is 24.8. The van der Waals surface area contributed by atoms with Crippen LogP contribution in [0.2, 0.25) is 0 Å². The van der Waals surface area contributed by atoms with E-state index in [0.29, 0.717) is 23.4 Å². The Hall–Kier alpha value is -1.35. The van der Waals surface area contributed by atoms with Crippen LogP contribution in [0.5, 0.6) is 0 Å². The Morgan fingerprint density at radius 1 is 1.19 bits per heavy atom. The van der Waals surface area contributed by atoms with Gasteiger partial charge in [0.2, 0.25) is 0 Å². The zero-order valence-corrected chi connectivity index (χ0v) is 17.4. The molecule has 1 aliphatic rings. The summed E-state index contributed by atoms with van der Waals surface area (Å²) in [6.45, 7) is 6.86. The van der Waals surface area contributed by atoms with Crippen molar-refractivity contribution >= 4 is 33.1 Å². The number of aromatic nitrogens is 2. The zero-order valence-electron chi connectivity index (χ0n) is 15.7. The maximum absolute atomic E-state index is 12.3. The minimum atomic E-state index is -3.14. The van der Waals surface area contributed by atoms with Gasteiger partial charge in [-0.2, -0.15) is 0 Å². The molecule has 1 fully saturated rings. The van der Waals surface area contributed by atoms with Gasteiger partial charge in [-0.1, -0.05) is 4.49 Å². The molecule has 7 nitrogen and oxygen atoms in total. The van der Waals surface area contributed by atoms with Crippen molar-refractivity contribution in [2.24, 2.45) is 11.8 Å². The van der Waals surface area contributed by atoms with Gasteiger partial charge in [-0.05, 0) is 70.8 Å². The Kier molecular flexibility index (Phi) is 6.55. The molecule has 0 atom stereocenters. The Morgan fingerprint density at radius 3 is 2.31 bits per heavy atom. The molecule has 0 aromatic carbocycles. The Balaban J connectivity index is 1.80.